The van der Waals surface area contributed by atoms with Gasteiger partial charge in [-0.1, -0.05) is 6.07 Å². The van der Waals surface area contributed by atoms with Crippen molar-refractivity contribution in [3.05, 3.63) is 30.1 Å². The molecule has 0 aliphatic rings. The third kappa shape index (κ3) is 0.991. The Morgan fingerprint density at radius 2 is 2.36 bits per heavy atom. The lowest BCUT2D eigenvalue weighted by atomic mass is 10.2. The molecule has 2 aromatic rings. The standard InChI is InChI=1S/C8H7N2O/c11-4-6-1-2-7-8(3-6)10-5-9-7/h1-3,5H,4H2,(H,9,10). The molecule has 3 nitrogen and oxygen atoms in total. The van der Waals surface area contributed by atoms with E-state index in [4.69, 9.17) is 0 Å². The Morgan fingerprint density at radius 3 is 3.18 bits per heavy atom. The van der Waals surface area contributed by atoms with Crippen LogP contribution in [-0.2, 0) is 11.7 Å². The highest BCUT2D eigenvalue weighted by Gasteiger charge is 1.96. The molecule has 3 heteroatoms. The Morgan fingerprint density at radius 1 is 1.45 bits per heavy atom. The maximum atomic E-state index is 10.5. The summed E-state index contributed by atoms with van der Waals surface area (Å²) in [5.41, 5.74) is 2.62. The number of H-pyrrole nitrogens is 1. The molecule has 2 rings (SSSR count). The van der Waals surface area contributed by atoms with Crippen molar-refractivity contribution in [2.75, 3.05) is 0 Å². The fraction of sp³-hybridized carbons (Fsp3) is 0.125. The van der Waals surface area contributed by atoms with Gasteiger partial charge in [0.1, 0.15) is 6.61 Å². The summed E-state index contributed by atoms with van der Waals surface area (Å²) in [5.74, 6) is 0. The van der Waals surface area contributed by atoms with Crippen LogP contribution in [0.4, 0.5) is 0 Å². The number of fused-ring (bicyclic) bond motifs is 1. The van der Waals surface area contributed by atoms with Gasteiger partial charge >= 0.3 is 0 Å². The number of imidazole rings is 1. The van der Waals surface area contributed by atoms with Crippen LogP contribution in [0.3, 0.4) is 0 Å². The molecule has 0 spiro atoms. The summed E-state index contributed by atoms with van der Waals surface area (Å²) in [6.07, 6.45) is 1.62. The number of aromatic amines is 1. The van der Waals surface area contributed by atoms with E-state index in [1.165, 1.54) is 0 Å². The zero-order chi connectivity index (χ0) is 7.68. The summed E-state index contributed by atoms with van der Waals surface area (Å²) in [6.45, 7) is -0.178. The minimum Gasteiger partial charge on any atom is -0.345 e. The smallest absolute Gasteiger partial charge is 0.107 e. The molecule has 1 heterocycles. The van der Waals surface area contributed by atoms with Gasteiger partial charge in [-0.15, -0.1) is 0 Å². The van der Waals surface area contributed by atoms with Gasteiger partial charge < -0.3 is 4.98 Å². The van der Waals surface area contributed by atoms with E-state index in [9.17, 15) is 5.11 Å². The van der Waals surface area contributed by atoms with E-state index in [1.54, 1.807) is 12.4 Å². The van der Waals surface area contributed by atoms with Gasteiger partial charge in [0.2, 0.25) is 0 Å². The maximum absolute atomic E-state index is 10.5. The lowest BCUT2D eigenvalue weighted by molar-refractivity contribution is 0.177. The van der Waals surface area contributed by atoms with Crippen molar-refractivity contribution in [2.24, 2.45) is 0 Å². The Labute approximate surface area is 63.7 Å². The molecule has 0 aliphatic heterocycles. The van der Waals surface area contributed by atoms with Gasteiger partial charge in [0.15, 0.2) is 0 Å². The second-order valence-corrected chi connectivity index (χ2v) is 2.40. The fourth-order valence-corrected chi connectivity index (χ4v) is 1.07. The monoisotopic (exact) mass is 147 g/mol. The van der Waals surface area contributed by atoms with Gasteiger partial charge in [0.05, 0.1) is 17.4 Å². The first kappa shape index (κ1) is 6.37. The summed E-state index contributed by atoms with van der Waals surface area (Å²) in [4.78, 5) is 6.99. The molecular weight excluding hydrogens is 140 g/mol. The molecule has 55 valence electrons. The predicted molar refractivity (Wildman–Crippen MR) is 40.5 cm³/mol. The van der Waals surface area contributed by atoms with Gasteiger partial charge in [0, 0.05) is 0 Å². The van der Waals surface area contributed by atoms with Crippen LogP contribution in [0.5, 0.6) is 0 Å². The van der Waals surface area contributed by atoms with Crippen LogP contribution in [0.2, 0.25) is 0 Å². The molecule has 1 N–H and O–H groups in total. The lowest BCUT2D eigenvalue weighted by Crippen LogP contribution is -1.79. The quantitative estimate of drug-likeness (QED) is 0.652. The number of benzene rings is 1. The molecular formula is C8H7N2O. The van der Waals surface area contributed by atoms with E-state index in [-0.39, 0.29) is 6.61 Å². The summed E-state index contributed by atoms with van der Waals surface area (Å²) < 4.78 is 0. The number of nitrogens with one attached hydrogen (secondary N) is 1. The van der Waals surface area contributed by atoms with Crippen molar-refractivity contribution in [1.82, 2.24) is 9.97 Å². The van der Waals surface area contributed by atoms with E-state index < -0.39 is 0 Å². The van der Waals surface area contributed by atoms with Crippen LogP contribution >= 0.6 is 0 Å². The SMILES string of the molecule is [O]Cc1ccc2[nH]cnc2c1. The minimum atomic E-state index is -0.178. The summed E-state index contributed by atoms with van der Waals surface area (Å²) in [5, 5.41) is 10.5. The topological polar surface area (TPSA) is 48.6 Å². The van der Waals surface area contributed by atoms with Crippen LogP contribution in [0, 0.1) is 0 Å². The summed E-state index contributed by atoms with van der Waals surface area (Å²) in [6, 6.07) is 5.49. The van der Waals surface area contributed by atoms with Gasteiger partial charge in [0.25, 0.3) is 0 Å². The largest absolute Gasteiger partial charge is 0.345 e. The van der Waals surface area contributed by atoms with E-state index in [2.05, 4.69) is 9.97 Å². The molecule has 0 saturated heterocycles. The number of rotatable bonds is 1. The second-order valence-electron chi connectivity index (χ2n) is 2.40. The average molecular weight is 147 g/mol. The maximum Gasteiger partial charge on any atom is 0.107 e. The number of nitrogens with zero attached hydrogens (tertiary/aromatic N) is 1. The molecule has 0 bridgehead atoms. The van der Waals surface area contributed by atoms with Crippen LogP contribution in [0.25, 0.3) is 11.0 Å². The van der Waals surface area contributed by atoms with Crippen LogP contribution < -0.4 is 0 Å². The van der Waals surface area contributed by atoms with Gasteiger partial charge in [-0.2, -0.15) is 0 Å². The zero-order valence-corrected chi connectivity index (χ0v) is 5.87. The first-order valence-corrected chi connectivity index (χ1v) is 3.40. The van der Waals surface area contributed by atoms with Crippen molar-refractivity contribution in [2.45, 2.75) is 6.61 Å². The van der Waals surface area contributed by atoms with Gasteiger partial charge in [-0.05, 0) is 17.7 Å². The predicted octanol–water partition coefficient (Wildman–Crippen LogP) is 1.49. The highest BCUT2D eigenvalue weighted by molar-refractivity contribution is 5.74. The van der Waals surface area contributed by atoms with E-state index >= 15 is 0 Å². The average Bonchev–Trinajstić information content (AvgIpc) is 2.50. The van der Waals surface area contributed by atoms with Crippen molar-refractivity contribution in [3.8, 4) is 0 Å². The molecule has 0 saturated carbocycles. The van der Waals surface area contributed by atoms with Gasteiger partial charge in [-0.3, -0.25) is 0 Å². The Balaban J connectivity index is 2.67. The zero-order valence-electron chi connectivity index (χ0n) is 5.87. The molecule has 1 radical (unpaired) electrons. The minimum absolute atomic E-state index is 0.178. The first-order valence-electron chi connectivity index (χ1n) is 3.40. The Bertz CT molecular complexity index is 367. The molecule has 0 aliphatic carbocycles. The van der Waals surface area contributed by atoms with Crippen molar-refractivity contribution >= 4 is 11.0 Å². The van der Waals surface area contributed by atoms with Gasteiger partial charge in [-0.25, -0.2) is 10.1 Å². The first-order chi connectivity index (χ1) is 5.40. The third-order valence-corrected chi connectivity index (χ3v) is 1.65. The third-order valence-electron chi connectivity index (χ3n) is 1.65. The van der Waals surface area contributed by atoms with E-state index in [0.717, 1.165) is 16.6 Å². The molecule has 0 amide bonds. The highest BCUT2D eigenvalue weighted by atomic mass is 16.3. The second kappa shape index (κ2) is 2.36. The van der Waals surface area contributed by atoms with Crippen molar-refractivity contribution in [1.29, 1.82) is 0 Å². The normalized spacial score (nSPS) is 10.6. The van der Waals surface area contributed by atoms with Crippen LogP contribution in [-0.4, -0.2) is 9.97 Å². The molecule has 0 atom stereocenters. The Hall–Kier alpha value is -1.35. The number of hydrogen-bond acceptors (Lipinski definition) is 1. The molecule has 0 unspecified atom stereocenters. The van der Waals surface area contributed by atoms with Crippen LogP contribution in [0.1, 0.15) is 5.56 Å². The van der Waals surface area contributed by atoms with Crippen LogP contribution in [0.15, 0.2) is 24.5 Å². The summed E-state index contributed by atoms with van der Waals surface area (Å²) >= 11 is 0. The fourth-order valence-electron chi connectivity index (χ4n) is 1.07. The van der Waals surface area contributed by atoms with Crippen molar-refractivity contribution in [3.63, 3.8) is 0 Å². The lowest BCUT2D eigenvalue weighted by Gasteiger charge is -1.91. The number of hydrogen-bond donors (Lipinski definition) is 1. The highest BCUT2D eigenvalue weighted by Crippen LogP contribution is 2.10. The summed E-state index contributed by atoms with van der Waals surface area (Å²) in [7, 11) is 0. The van der Waals surface area contributed by atoms with E-state index in [0.29, 0.717) is 0 Å². The molecule has 1 aromatic carbocycles. The number of aromatic nitrogens is 2. The van der Waals surface area contributed by atoms with E-state index in [1.807, 2.05) is 12.1 Å². The molecule has 1 aromatic heterocycles. The Kier molecular flexibility index (Phi) is 1.36. The van der Waals surface area contributed by atoms with Crippen molar-refractivity contribution < 1.29 is 5.11 Å². The molecule has 11 heavy (non-hydrogen) atoms. The molecule has 0 fully saturated rings.